The van der Waals surface area contributed by atoms with Crippen LogP contribution in [0.3, 0.4) is 0 Å². The topological polar surface area (TPSA) is 95.0 Å². The Hall–Kier alpha value is -2.88. The van der Waals surface area contributed by atoms with Crippen LogP contribution in [-0.2, 0) is 0 Å². The molecule has 3 aromatic rings. The molecule has 1 heterocycles. The largest absolute Gasteiger partial charge is 0.418 e. The molecular formula is C18H15ClN4O2. The molecule has 1 atom stereocenters. The minimum absolute atomic E-state index is 0.128. The lowest BCUT2D eigenvalue weighted by Crippen LogP contribution is -2.13. The van der Waals surface area contributed by atoms with Crippen molar-refractivity contribution >= 4 is 17.3 Å². The van der Waals surface area contributed by atoms with Crippen LogP contribution in [0.25, 0.3) is 11.5 Å². The van der Waals surface area contributed by atoms with E-state index >= 15 is 0 Å². The van der Waals surface area contributed by atoms with E-state index in [-0.39, 0.29) is 12.4 Å². The molecule has 0 bridgehead atoms. The van der Waals surface area contributed by atoms with Crippen LogP contribution in [0.4, 0.5) is 5.69 Å². The number of hydrogen-bond acceptors (Lipinski definition) is 6. The van der Waals surface area contributed by atoms with Crippen LogP contribution in [0.5, 0.6) is 0 Å². The number of aromatic nitrogens is 2. The van der Waals surface area contributed by atoms with Crippen molar-refractivity contribution in [2.45, 2.75) is 13.0 Å². The molecule has 0 aliphatic carbocycles. The van der Waals surface area contributed by atoms with Gasteiger partial charge in [-0.3, -0.25) is 0 Å². The molecule has 1 unspecified atom stereocenters. The van der Waals surface area contributed by atoms with Crippen molar-refractivity contribution in [3.8, 4) is 17.5 Å². The highest BCUT2D eigenvalue weighted by Crippen LogP contribution is 2.27. The van der Waals surface area contributed by atoms with E-state index < -0.39 is 6.10 Å². The Labute approximate surface area is 149 Å². The quantitative estimate of drug-likeness (QED) is 0.725. The highest BCUT2D eigenvalue weighted by atomic mass is 35.5. The van der Waals surface area contributed by atoms with E-state index in [9.17, 15) is 5.11 Å². The zero-order chi connectivity index (χ0) is 17.8. The van der Waals surface area contributed by atoms with Crippen LogP contribution in [-0.4, -0.2) is 21.8 Å². The SMILES string of the molecule is Cc1c(NCC(O)c2nnc(-c3ccccc3)o2)ccc(C#N)c1Cl. The summed E-state index contributed by atoms with van der Waals surface area (Å²) in [5.41, 5.74) is 2.67. The van der Waals surface area contributed by atoms with Crippen LogP contribution in [0.2, 0.25) is 5.02 Å². The molecule has 0 radical (unpaired) electrons. The molecule has 0 spiro atoms. The van der Waals surface area contributed by atoms with E-state index in [1.165, 1.54) is 0 Å². The number of nitrogens with one attached hydrogen (secondary N) is 1. The fourth-order valence-corrected chi connectivity index (χ4v) is 2.53. The van der Waals surface area contributed by atoms with Crippen molar-refractivity contribution < 1.29 is 9.52 Å². The van der Waals surface area contributed by atoms with Crippen LogP contribution in [0, 0.1) is 18.3 Å². The van der Waals surface area contributed by atoms with Gasteiger partial charge < -0.3 is 14.8 Å². The third-order valence-electron chi connectivity index (χ3n) is 3.74. The Morgan fingerprint density at radius 1 is 1.24 bits per heavy atom. The van der Waals surface area contributed by atoms with Gasteiger partial charge in [-0.1, -0.05) is 29.8 Å². The Bertz CT molecular complexity index is 919. The monoisotopic (exact) mass is 354 g/mol. The van der Waals surface area contributed by atoms with Crippen molar-refractivity contribution in [1.29, 1.82) is 5.26 Å². The molecule has 126 valence electrons. The number of benzene rings is 2. The molecular weight excluding hydrogens is 340 g/mol. The smallest absolute Gasteiger partial charge is 0.247 e. The summed E-state index contributed by atoms with van der Waals surface area (Å²) in [4.78, 5) is 0. The summed E-state index contributed by atoms with van der Waals surface area (Å²) in [6.45, 7) is 1.97. The summed E-state index contributed by atoms with van der Waals surface area (Å²) < 4.78 is 5.53. The normalized spacial score (nSPS) is 11.8. The number of hydrogen-bond donors (Lipinski definition) is 2. The number of nitrogens with zero attached hydrogens (tertiary/aromatic N) is 3. The van der Waals surface area contributed by atoms with Gasteiger partial charge in [0.1, 0.15) is 12.2 Å². The maximum absolute atomic E-state index is 10.3. The van der Waals surface area contributed by atoms with Gasteiger partial charge in [0.2, 0.25) is 11.8 Å². The molecule has 0 amide bonds. The molecule has 3 rings (SSSR count). The summed E-state index contributed by atoms with van der Waals surface area (Å²) in [7, 11) is 0. The Balaban J connectivity index is 1.70. The molecule has 25 heavy (non-hydrogen) atoms. The third-order valence-corrected chi connectivity index (χ3v) is 4.23. The first-order valence-corrected chi connectivity index (χ1v) is 7.98. The second-order valence-electron chi connectivity index (χ2n) is 5.42. The van der Waals surface area contributed by atoms with E-state index in [1.54, 1.807) is 19.1 Å². The molecule has 7 heteroatoms. The minimum Gasteiger partial charge on any atom is -0.418 e. The van der Waals surface area contributed by atoms with Gasteiger partial charge >= 0.3 is 0 Å². The van der Waals surface area contributed by atoms with Gasteiger partial charge in [0, 0.05) is 17.8 Å². The van der Waals surface area contributed by atoms with E-state index in [0.29, 0.717) is 16.5 Å². The molecule has 0 fully saturated rings. The predicted molar refractivity (Wildman–Crippen MR) is 94.1 cm³/mol. The van der Waals surface area contributed by atoms with Gasteiger partial charge in [0.15, 0.2) is 0 Å². The van der Waals surface area contributed by atoms with E-state index in [0.717, 1.165) is 16.8 Å². The van der Waals surface area contributed by atoms with Gasteiger partial charge in [0.05, 0.1) is 10.6 Å². The van der Waals surface area contributed by atoms with Crippen LogP contribution < -0.4 is 5.32 Å². The molecule has 0 aliphatic rings. The second-order valence-corrected chi connectivity index (χ2v) is 5.80. The standard InChI is InChI=1S/C18H15ClN4O2/c1-11-14(8-7-13(9-20)16(11)19)21-10-15(24)18-23-22-17(25-18)12-5-3-2-4-6-12/h2-8,15,21,24H,10H2,1H3. The molecule has 0 aliphatic heterocycles. The van der Waals surface area contributed by atoms with Crippen molar-refractivity contribution in [2.24, 2.45) is 0 Å². The van der Waals surface area contributed by atoms with Crippen molar-refractivity contribution in [1.82, 2.24) is 10.2 Å². The molecule has 1 aromatic heterocycles. The average Bonchev–Trinajstić information content (AvgIpc) is 3.14. The number of anilines is 1. The maximum Gasteiger partial charge on any atom is 0.247 e. The van der Waals surface area contributed by atoms with Gasteiger partial charge in [-0.05, 0) is 36.8 Å². The lowest BCUT2D eigenvalue weighted by molar-refractivity contribution is 0.157. The lowest BCUT2D eigenvalue weighted by atomic mass is 10.1. The van der Waals surface area contributed by atoms with E-state index in [2.05, 4.69) is 15.5 Å². The fraction of sp³-hybridized carbons (Fsp3) is 0.167. The third kappa shape index (κ3) is 3.63. The van der Waals surface area contributed by atoms with Crippen LogP contribution >= 0.6 is 11.6 Å². The van der Waals surface area contributed by atoms with E-state index in [4.69, 9.17) is 21.3 Å². The summed E-state index contributed by atoms with van der Waals surface area (Å²) in [6, 6.07) is 14.7. The first-order valence-electron chi connectivity index (χ1n) is 7.60. The first kappa shape index (κ1) is 17.0. The van der Waals surface area contributed by atoms with Crippen molar-refractivity contribution in [3.05, 3.63) is 64.5 Å². The zero-order valence-corrected chi connectivity index (χ0v) is 14.2. The Morgan fingerprint density at radius 2 is 2.00 bits per heavy atom. The predicted octanol–water partition coefficient (Wildman–Crippen LogP) is 3.72. The van der Waals surface area contributed by atoms with Crippen LogP contribution in [0.15, 0.2) is 46.9 Å². The Morgan fingerprint density at radius 3 is 2.72 bits per heavy atom. The van der Waals surface area contributed by atoms with E-state index in [1.807, 2.05) is 36.4 Å². The number of halogens is 1. The molecule has 2 aromatic carbocycles. The van der Waals surface area contributed by atoms with Gasteiger partial charge in [-0.15, -0.1) is 10.2 Å². The summed E-state index contributed by atoms with van der Waals surface area (Å²) in [5.74, 6) is 0.482. The number of nitriles is 1. The van der Waals surface area contributed by atoms with Gasteiger partial charge in [-0.2, -0.15) is 5.26 Å². The Kier molecular flexibility index (Phi) is 4.98. The van der Waals surface area contributed by atoms with Crippen molar-refractivity contribution in [2.75, 3.05) is 11.9 Å². The number of aliphatic hydroxyl groups excluding tert-OH is 1. The molecule has 2 N–H and O–H groups in total. The zero-order valence-electron chi connectivity index (χ0n) is 13.4. The molecule has 6 nitrogen and oxygen atoms in total. The summed E-state index contributed by atoms with van der Waals surface area (Å²) in [5, 5.41) is 30.6. The summed E-state index contributed by atoms with van der Waals surface area (Å²) >= 11 is 6.14. The second kappa shape index (κ2) is 7.34. The lowest BCUT2D eigenvalue weighted by Gasteiger charge is -2.13. The fourth-order valence-electron chi connectivity index (χ4n) is 2.32. The van der Waals surface area contributed by atoms with Gasteiger partial charge in [0.25, 0.3) is 0 Å². The molecule has 0 saturated heterocycles. The van der Waals surface area contributed by atoms with Crippen molar-refractivity contribution in [3.63, 3.8) is 0 Å². The van der Waals surface area contributed by atoms with Gasteiger partial charge in [-0.25, -0.2) is 0 Å². The highest BCUT2D eigenvalue weighted by molar-refractivity contribution is 6.32. The molecule has 0 saturated carbocycles. The number of aliphatic hydroxyl groups is 1. The minimum atomic E-state index is -0.973. The maximum atomic E-state index is 10.3. The van der Waals surface area contributed by atoms with Crippen LogP contribution in [0.1, 0.15) is 23.1 Å². The summed E-state index contributed by atoms with van der Waals surface area (Å²) in [6.07, 6.45) is -0.973. The highest BCUT2D eigenvalue weighted by Gasteiger charge is 2.17. The first-order chi connectivity index (χ1) is 12.1. The average molecular weight is 355 g/mol. The number of rotatable bonds is 5.